The van der Waals surface area contributed by atoms with E-state index in [-0.39, 0.29) is 25.7 Å². The molecule has 0 aliphatic heterocycles. The van der Waals surface area contributed by atoms with Crippen molar-refractivity contribution in [3.8, 4) is 17.2 Å². The first-order valence-electron chi connectivity index (χ1n) is 11.0. The van der Waals surface area contributed by atoms with Crippen LogP contribution in [0, 0.1) is 0 Å². The van der Waals surface area contributed by atoms with Gasteiger partial charge in [-0.25, -0.2) is 5.43 Å². The molecule has 0 heterocycles. The molecular formula is C26H26N4O6. The van der Waals surface area contributed by atoms with Crippen LogP contribution < -0.4 is 30.3 Å². The Morgan fingerprint density at radius 3 is 2.22 bits per heavy atom. The Morgan fingerprint density at radius 2 is 1.50 bits per heavy atom. The summed E-state index contributed by atoms with van der Waals surface area (Å²) in [4.78, 5) is 35.8. The lowest BCUT2D eigenvalue weighted by Gasteiger charge is -2.11. The molecule has 36 heavy (non-hydrogen) atoms. The van der Waals surface area contributed by atoms with E-state index in [1.807, 2.05) is 24.3 Å². The third-order valence-electron chi connectivity index (χ3n) is 4.57. The number of hydrogen-bond donors (Lipinski definition) is 3. The summed E-state index contributed by atoms with van der Waals surface area (Å²) >= 11 is 0. The van der Waals surface area contributed by atoms with Crippen molar-refractivity contribution in [3.63, 3.8) is 0 Å². The second kappa shape index (κ2) is 13.8. The predicted octanol–water partition coefficient (Wildman–Crippen LogP) is 2.36. The summed E-state index contributed by atoms with van der Waals surface area (Å²) in [6.45, 7) is -0.658. The number of benzene rings is 3. The molecule has 0 aromatic heterocycles. The molecule has 0 aliphatic carbocycles. The Kier molecular flexibility index (Phi) is 9.84. The molecule has 10 heteroatoms. The fraction of sp³-hybridized carbons (Fsp3) is 0.154. The van der Waals surface area contributed by atoms with Crippen LogP contribution in [0.3, 0.4) is 0 Å². The number of rotatable bonds is 12. The largest absolute Gasteiger partial charge is 0.493 e. The molecule has 3 N–H and O–H groups in total. The number of para-hydroxylation sites is 2. The van der Waals surface area contributed by atoms with Crippen LogP contribution >= 0.6 is 0 Å². The van der Waals surface area contributed by atoms with Crippen molar-refractivity contribution in [2.75, 3.05) is 32.2 Å². The average molecular weight is 491 g/mol. The molecule has 3 rings (SSSR count). The highest BCUT2D eigenvalue weighted by Crippen LogP contribution is 2.27. The topological polar surface area (TPSA) is 127 Å². The van der Waals surface area contributed by atoms with Gasteiger partial charge in [-0.15, -0.1) is 0 Å². The molecule has 10 nitrogen and oxygen atoms in total. The van der Waals surface area contributed by atoms with Crippen LogP contribution in [-0.2, 0) is 14.4 Å². The van der Waals surface area contributed by atoms with Crippen LogP contribution in [0.2, 0.25) is 0 Å². The monoisotopic (exact) mass is 490 g/mol. The lowest BCUT2D eigenvalue weighted by molar-refractivity contribution is -0.127. The SMILES string of the molecule is COc1cc(/C=N\NC(=O)CNC(=O)COc2ccccc2)ccc1OCC(=O)Nc1ccccc1. The maximum absolute atomic E-state index is 12.1. The summed E-state index contributed by atoms with van der Waals surface area (Å²) in [7, 11) is 1.47. The van der Waals surface area contributed by atoms with Gasteiger partial charge >= 0.3 is 0 Å². The van der Waals surface area contributed by atoms with Crippen LogP contribution in [0.25, 0.3) is 0 Å². The zero-order valence-electron chi connectivity index (χ0n) is 19.6. The number of nitrogens with zero attached hydrogens (tertiary/aromatic N) is 1. The fourth-order valence-corrected chi connectivity index (χ4v) is 2.86. The van der Waals surface area contributed by atoms with E-state index in [4.69, 9.17) is 14.2 Å². The zero-order valence-corrected chi connectivity index (χ0v) is 19.6. The van der Waals surface area contributed by atoms with Gasteiger partial charge in [0.25, 0.3) is 17.7 Å². The summed E-state index contributed by atoms with van der Waals surface area (Å²) < 4.78 is 16.2. The van der Waals surface area contributed by atoms with Gasteiger partial charge in [-0.1, -0.05) is 36.4 Å². The number of ether oxygens (including phenoxy) is 3. The number of hydrogen-bond acceptors (Lipinski definition) is 7. The second-order valence-corrected chi connectivity index (χ2v) is 7.28. The van der Waals surface area contributed by atoms with Gasteiger partial charge in [0.15, 0.2) is 24.7 Å². The molecule has 0 aliphatic rings. The highest BCUT2D eigenvalue weighted by atomic mass is 16.5. The van der Waals surface area contributed by atoms with Crippen molar-refractivity contribution in [2.24, 2.45) is 5.10 Å². The second-order valence-electron chi connectivity index (χ2n) is 7.28. The minimum atomic E-state index is -0.504. The van der Waals surface area contributed by atoms with Crippen LogP contribution in [-0.4, -0.2) is 50.8 Å². The maximum Gasteiger partial charge on any atom is 0.262 e. The molecule has 0 bridgehead atoms. The summed E-state index contributed by atoms with van der Waals surface area (Å²) in [6.07, 6.45) is 1.41. The standard InChI is InChI=1S/C26H26N4O6/c1-34-23-14-19(12-13-22(23)36-18-26(33)29-20-8-4-2-5-9-20)15-28-30-24(31)16-27-25(32)17-35-21-10-6-3-7-11-21/h2-15H,16-18H2,1H3,(H,27,32)(H,29,33)(H,30,31)/b28-15-. The molecule has 0 fully saturated rings. The van der Waals surface area contributed by atoms with E-state index in [1.54, 1.807) is 54.6 Å². The van der Waals surface area contributed by atoms with Gasteiger partial charge in [-0.2, -0.15) is 5.10 Å². The Hall–Kier alpha value is -4.86. The number of carbonyl (C=O) groups excluding carboxylic acids is 3. The first-order valence-corrected chi connectivity index (χ1v) is 11.0. The first kappa shape index (κ1) is 25.8. The molecule has 0 spiro atoms. The van der Waals surface area contributed by atoms with Crippen LogP contribution in [0.1, 0.15) is 5.56 Å². The van der Waals surface area contributed by atoms with Gasteiger partial charge in [0.2, 0.25) is 0 Å². The number of carbonyl (C=O) groups is 3. The molecule has 3 aromatic carbocycles. The number of methoxy groups -OCH3 is 1. The van der Waals surface area contributed by atoms with Gasteiger partial charge in [-0.05, 0) is 48.0 Å². The van der Waals surface area contributed by atoms with E-state index in [9.17, 15) is 14.4 Å². The van der Waals surface area contributed by atoms with Gasteiger partial charge in [0.1, 0.15) is 5.75 Å². The van der Waals surface area contributed by atoms with Crippen molar-refractivity contribution in [1.29, 1.82) is 0 Å². The predicted molar refractivity (Wildman–Crippen MR) is 134 cm³/mol. The molecule has 3 amide bonds. The van der Waals surface area contributed by atoms with Crippen molar-refractivity contribution in [2.45, 2.75) is 0 Å². The molecular weight excluding hydrogens is 464 g/mol. The van der Waals surface area contributed by atoms with E-state index in [0.717, 1.165) is 0 Å². The highest BCUT2D eigenvalue weighted by molar-refractivity contribution is 5.92. The maximum atomic E-state index is 12.1. The van der Waals surface area contributed by atoms with Crippen molar-refractivity contribution >= 4 is 29.6 Å². The molecule has 0 saturated heterocycles. The summed E-state index contributed by atoms with van der Waals surface area (Å²) in [5, 5.41) is 9.05. The average Bonchev–Trinajstić information content (AvgIpc) is 2.91. The number of amides is 3. The molecule has 186 valence electrons. The van der Waals surface area contributed by atoms with E-state index >= 15 is 0 Å². The van der Waals surface area contributed by atoms with E-state index in [0.29, 0.717) is 28.5 Å². The van der Waals surface area contributed by atoms with Crippen molar-refractivity contribution < 1.29 is 28.6 Å². The minimum absolute atomic E-state index is 0.198. The van der Waals surface area contributed by atoms with E-state index < -0.39 is 11.8 Å². The summed E-state index contributed by atoms with van der Waals surface area (Å²) in [5.74, 6) is 0.0801. The van der Waals surface area contributed by atoms with Gasteiger partial charge in [-0.3, -0.25) is 14.4 Å². The normalized spacial score (nSPS) is 10.4. The Labute approximate surface area is 208 Å². The lowest BCUT2D eigenvalue weighted by Crippen LogP contribution is -2.37. The molecule has 0 radical (unpaired) electrons. The summed E-state index contributed by atoms with van der Waals surface area (Å²) in [6, 6.07) is 22.9. The first-order chi connectivity index (χ1) is 17.5. The van der Waals surface area contributed by atoms with Crippen LogP contribution in [0.5, 0.6) is 17.2 Å². The van der Waals surface area contributed by atoms with E-state index in [1.165, 1.54) is 13.3 Å². The lowest BCUT2D eigenvalue weighted by atomic mass is 10.2. The number of hydrazone groups is 1. The van der Waals surface area contributed by atoms with Gasteiger partial charge in [0.05, 0.1) is 19.9 Å². The van der Waals surface area contributed by atoms with Crippen molar-refractivity contribution in [1.82, 2.24) is 10.7 Å². The molecule has 0 saturated carbocycles. The van der Waals surface area contributed by atoms with Gasteiger partial charge < -0.3 is 24.8 Å². The van der Waals surface area contributed by atoms with E-state index in [2.05, 4.69) is 21.2 Å². The third kappa shape index (κ3) is 8.82. The third-order valence-corrected chi connectivity index (χ3v) is 4.57. The number of anilines is 1. The Balaban J connectivity index is 1.41. The minimum Gasteiger partial charge on any atom is -0.493 e. The Morgan fingerprint density at radius 1 is 0.806 bits per heavy atom. The number of nitrogens with one attached hydrogen (secondary N) is 3. The smallest absolute Gasteiger partial charge is 0.262 e. The van der Waals surface area contributed by atoms with Gasteiger partial charge in [0, 0.05) is 5.69 Å². The molecule has 3 aromatic rings. The summed E-state index contributed by atoms with van der Waals surface area (Å²) in [5.41, 5.74) is 3.62. The quantitative estimate of drug-likeness (QED) is 0.264. The van der Waals surface area contributed by atoms with Crippen LogP contribution in [0.4, 0.5) is 5.69 Å². The molecule has 0 atom stereocenters. The van der Waals surface area contributed by atoms with Crippen molar-refractivity contribution in [3.05, 3.63) is 84.4 Å². The molecule has 0 unspecified atom stereocenters. The zero-order chi connectivity index (χ0) is 25.6. The fourth-order valence-electron chi connectivity index (χ4n) is 2.86. The Bertz CT molecular complexity index is 1190. The highest BCUT2D eigenvalue weighted by Gasteiger charge is 2.09. The van der Waals surface area contributed by atoms with Crippen LogP contribution in [0.15, 0.2) is 84.0 Å².